The molecule has 0 aliphatic carbocycles. The van der Waals surface area contributed by atoms with Crippen molar-refractivity contribution in [3.63, 3.8) is 0 Å². The lowest BCUT2D eigenvalue weighted by atomic mass is 10.1. The number of amides is 1. The van der Waals surface area contributed by atoms with Gasteiger partial charge in [-0.1, -0.05) is 20.3 Å². The lowest BCUT2D eigenvalue weighted by molar-refractivity contribution is -0.132. The van der Waals surface area contributed by atoms with Crippen LogP contribution in [0.4, 0.5) is 5.69 Å². The summed E-state index contributed by atoms with van der Waals surface area (Å²) in [6, 6.07) is 3.89. The molecule has 1 amide bonds. The minimum absolute atomic E-state index is 0.153. The number of nitrogens with two attached hydrogens (primary N) is 1. The monoisotopic (exact) mass is 263 g/mol. The molecule has 0 aliphatic rings. The zero-order chi connectivity index (χ0) is 14.3. The van der Waals surface area contributed by atoms with Gasteiger partial charge in [-0.25, -0.2) is 0 Å². The molecule has 4 nitrogen and oxygen atoms in total. The second-order valence-corrected chi connectivity index (χ2v) is 4.96. The molecule has 0 spiro atoms. The van der Waals surface area contributed by atoms with Crippen LogP contribution in [0.5, 0.6) is 0 Å². The van der Waals surface area contributed by atoms with Crippen LogP contribution >= 0.6 is 0 Å². The van der Waals surface area contributed by atoms with Gasteiger partial charge in [-0.3, -0.25) is 9.78 Å². The maximum Gasteiger partial charge on any atom is 0.228 e. The zero-order valence-corrected chi connectivity index (χ0v) is 12.2. The van der Waals surface area contributed by atoms with Gasteiger partial charge in [-0.2, -0.15) is 0 Å². The molecule has 1 aromatic heterocycles. The second kappa shape index (κ2) is 7.77. The second-order valence-electron chi connectivity index (χ2n) is 4.96. The number of hydrogen-bond donors (Lipinski definition) is 1. The Kier molecular flexibility index (Phi) is 6.33. The molecule has 1 rings (SSSR count). The molecule has 1 atom stereocenters. The van der Waals surface area contributed by atoms with Crippen molar-refractivity contribution in [1.29, 1.82) is 0 Å². The highest BCUT2D eigenvalue weighted by molar-refractivity contribution is 5.78. The number of unbranched alkanes of at least 4 members (excludes halogenated alkanes) is 1. The Hall–Kier alpha value is -1.58. The Bertz CT molecular complexity index is 389. The molecular weight excluding hydrogens is 238 g/mol. The number of nitrogen functional groups attached to an aromatic ring is 1. The molecule has 2 N–H and O–H groups in total. The Morgan fingerprint density at radius 2 is 2.16 bits per heavy atom. The van der Waals surface area contributed by atoms with E-state index in [1.165, 1.54) is 0 Å². The summed E-state index contributed by atoms with van der Waals surface area (Å²) in [4.78, 5) is 18.5. The maximum absolute atomic E-state index is 12.4. The Morgan fingerprint density at radius 1 is 1.42 bits per heavy atom. The van der Waals surface area contributed by atoms with E-state index in [2.05, 4.69) is 25.8 Å². The number of aromatic nitrogens is 1. The summed E-state index contributed by atoms with van der Waals surface area (Å²) in [5.74, 6) is 0.153. The average molecular weight is 263 g/mol. The van der Waals surface area contributed by atoms with Gasteiger partial charge in [0.1, 0.15) is 0 Å². The van der Waals surface area contributed by atoms with Crippen LogP contribution in [0.2, 0.25) is 0 Å². The summed E-state index contributed by atoms with van der Waals surface area (Å²) in [6.45, 7) is 7.18. The quantitative estimate of drug-likeness (QED) is 0.822. The molecule has 1 aromatic rings. The first-order valence-electron chi connectivity index (χ1n) is 7.08. The van der Waals surface area contributed by atoms with Crippen LogP contribution in [0.15, 0.2) is 18.3 Å². The molecule has 0 radical (unpaired) electrons. The molecule has 1 heterocycles. The number of carbonyl (C=O) groups is 1. The van der Waals surface area contributed by atoms with Crippen molar-refractivity contribution < 1.29 is 4.79 Å². The molecule has 0 saturated carbocycles. The van der Waals surface area contributed by atoms with Crippen molar-refractivity contribution >= 4 is 11.6 Å². The molecule has 106 valence electrons. The summed E-state index contributed by atoms with van der Waals surface area (Å²) in [5, 5.41) is 0. The number of carbonyl (C=O) groups excluding carboxylic acids is 1. The van der Waals surface area contributed by atoms with Crippen LogP contribution in [0.1, 0.15) is 45.7 Å². The van der Waals surface area contributed by atoms with Gasteiger partial charge in [0.2, 0.25) is 5.91 Å². The van der Waals surface area contributed by atoms with Gasteiger partial charge < -0.3 is 10.6 Å². The van der Waals surface area contributed by atoms with E-state index in [4.69, 9.17) is 5.73 Å². The van der Waals surface area contributed by atoms with Crippen molar-refractivity contribution in [1.82, 2.24) is 9.88 Å². The highest BCUT2D eigenvalue weighted by Crippen LogP contribution is 2.10. The van der Waals surface area contributed by atoms with E-state index in [1.54, 1.807) is 12.3 Å². The highest BCUT2D eigenvalue weighted by atomic mass is 16.2. The SMILES string of the molecule is CCCCN(C(=O)Cc1ccc(N)cn1)C(C)CC. The first-order valence-corrected chi connectivity index (χ1v) is 7.08. The van der Waals surface area contributed by atoms with Gasteiger partial charge in [0.05, 0.1) is 18.3 Å². The summed E-state index contributed by atoms with van der Waals surface area (Å²) < 4.78 is 0. The van der Waals surface area contributed by atoms with E-state index in [0.717, 1.165) is 31.5 Å². The number of anilines is 1. The average Bonchev–Trinajstić information content (AvgIpc) is 2.41. The highest BCUT2D eigenvalue weighted by Gasteiger charge is 2.18. The van der Waals surface area contributed by atoms with Crippen molar-refractivity contribution in [3.8, 4) is 0 Å². The fourth-order valence-corrected chi connectivity index (χ4v) is 1.94. The fourth-order valence-electron chi connectivity index (χ4n) is 1.94. The van der Waals surface area contributed by atoms with E-state index >= 15 is 0 Å². The van der Waals surface area contributed by atoms with Crippen LogP contribution in [0, 0.1) is 0 Å². The topological polar surface area (TPSA) is 59.2 Å². The van der Waals surface area contributed by atoms with E-state index in [-0.39, 0.29) is 11.9 Å². The van der Waals surface area contributed by atoms with Crippen LogP contribution in [-0.2, 0) is 11.2 Å². The zero-order valence-electron chi connectivity index (χ0n) is 12.2. The molecule has 1 unspecified atom stereocenters. The van der Waals surface area contributed by atoms with Gasteiger partial charge in [-0.05, 0) is 31.9 Å². The van der Waals surface area contributed by atoms with Crippen molar-refractivity contribution in [3.05, 3.63) is 24.0 Å². The van der Waals surface area contributed by atoms with Gasteiger partial charge in [0, 0.05) is 18.3 Å². The van der Waals surface area contributed by atoms with Crippen LogP contribution in [0.3, 0.4) is 0 Å². The third-order valence-corrected chi connectivity index (χ3v) is 3.38. The predicted octanol–water partition coefficient (Wildman–Crippen LogP) is 2.63. The third kappa shape index (κ3) is 4.89. The molecule has 0 fully saturated rings. The van der Waals surface area contributed by atoms with Gasteiger partial charge in [0.25, 0.3) is 0 Å². The normalized spacial score (nSPS) is 12.2. The maximum atomic E-state index is 12.4. The summed E-state index contributed by atoms with van der Waals surface area (Å²) >= 11 is 0. The number of nitrogens with zero attached hydrogens (tertiary/aromatic N) is 2. The fraction of sp³-hybridized carbons (Fsp3) is 0.600. The summed E-state index contributed by atoms with van der Waals surface area (Å²) in [7, 11) is 0. The predicted molar refractivity (Wildman–Crippen MR) is 78.7 cm³/mol. The lowest BCUT2D eigenvalue weighted by Crippen LogP contribution is -2.40. The molecule has 0 aromatic carbocycles. The van der Waals surface area contributed by atoms with E-state index < -0.39 is 0 Å². The largest absolute Gasteiger partial charge is 0.397 e. The van der Waals surface area contributed by atoms with Crippen LogP contribution in [-0.4, -0.2) is 28.4 Å². The molecule has 0 aliphatic heterocycles. The Labute approximate surface area is 116 Å². The van der Waals surface area contributed by atoms with E-state index in [0.29, 0.717) is 12.1 Å². The van der Waals surface area contributed by atoms with Crippen molar-refractivity contribution in [2.75, 3.05) is 12.3 Å². The van der Waals surface area contributed by atoms with Gasteiger partial charge >= 0.3 is 0 Å². The Balaban J connectivity index is 2.67. The molecule has 0 bridgehead atoms. The summed E-state index contributed by atoms with van der Waals surface area (Å²) in [6.07, 6.45) is 5.08. The van der Waals surface area contributed by atoms with Gasteiger partial charge in [-0.15, -0.1) is 0 Å². The summed E-state index contributed by atoms with van der Waals surface area (Å²) in [5.41, 5.74) is 7.00. The smallest absolute Gasteiger partial charge is 0.228 e. The van der Waals surface area contributed by atoms with Crippen molar-refractivity contribution in [2.24, 2.45) is 0 Å². The number of pyridine rings is 1. The van der Waals surface area contributed by atoms with Crippen molar-refractivity contribution in [2.45, 2.75) is 52.5 Å². The standard InChI is InChI=1S/C15H25N3O/c1-4-6-9-18(12(3)5-2)15(19)10-14-8-7-13(16)11-17-14/h7-8,11-12H,4-6,9-10,16H2,1-3H3. The molecule has 4 heteroatoms. The minimum atomic E-state index is 0.153. The lowest BCUT2D eigenvalue weighted by Gasteiger charge is -2.28. The molecule has 19 heavy (non-hydrogen) atoms. The minimum Gasteiger partial charge on any atom is -0.397 e. The number of hydrogen-bond acceptors (Lipinski definition) is 3. The number of rotatable bonds is 7. The van der Waals surface area contributed by atoms with Crippen LogP contribution < -0.4 is 5.73 Å². The molecule has 0 saturated heterocycles. The molecular formula is C15H25N3O. The van der Waals surface area contributed by atoms with Gasteiger partial charge in [0.15, 0.2) is 0 Å². The van der Waals surface area contributed by atoms with E-state index in [1.807, 2.05) is 11.0 Å². The third-order valence-electron chi connectivity index (χ3n) is 3.38. The Morgan fingerprint density at radius 3 is 2.68 bits per heavy atom. The van der Waals surface area contributed by atoms with E-state index in [9.17, 15) is 4.79 Å². The first-order chi connectivity index (χ1) is 9.08. The van der Waals surface area contributed by atoms with Crippen LogP contribution in [0.25, 0.3) is 0 Å². The first kappa shape index (κ1) is 15.5.